The number of fused-ring (bicyclic) bond motifs is 1. The minimum Gasteiger partial charge on any atom is -0.341 e. The Morgan fingerprint density at radius 1 is 1.28 bits per heavy atom. The van der Waals surface area contributed by atoms with E-state index in [1.54, 1.807) is 35.9 Å². The minimum atomic E-state index is -0.513. The van der Waals surface area contributed by atoms with Crippen LogP contribution >= 0.6 is 23.1 Å². The van der Waals surface area contributed by atoms with E-state index in [0.717, 1.165) is 15.2 Å². The molecule has 4 rings (SSSR count). The molecule has 1 unspecified atom stereocenters. The first kappa shape index (κ1) is 19.6. The van der Waals surface area contributed by atoms with Crippen molar-refractivity contribution >= 4 is 39.2 Å². The van der Waals surface area contributed by atoms with Crippen LogP contribution in [0.3, 0.4) is 0 Å². The summed E-state index contributed by atoms with van der Waals surface area (Å²) >= 11 is 3.15. The van der Waals surface area contributed by atoms with Crippen molar-refractivity contribution in [3.05, 3.63) is 83.1 Å². The fraction of sp³-hybridized carbons (Fsp3) is 0.190. The van der Waals surface area contributed by atoms with Gasteiger partial charge in [0.2, 0.25) is 5.91 Å². The monoisotopic (exact) mass is 426 g/mol. The molecule has 0 bridgehead atoms. The van der Waals surface area contributed by atoms with Crippen molar-refractivity contribution in [2.24, 2.45) is 7.05 Å². The minimum absolute atomic E-state index is 0.131. The van der Waals surface area contributed by atoms with Gasteiger partial charge in [-0.25, -0.2) is 14.4 Å². The fourth-order valence-electron chi connectivity index (χ4n) is 3.05. The molecule has 0 fully saturated rings. The molecular formula is C21H19FN4OS2. The predicted octanol–water partition coefficient (Wildman–Crippen LogP) is 4.31. The van der Waals surface area contributed by atoms with Gasteiger partial charge in [0, 0.05) is 25.2 Å². The van der Waals surface area contributed by atoms with Crippen molar-refractivity contribution < 1.29 is 9.18 Å². The van der Waals surface area contributed by atoms with Gasteiger partial charge in [-0.3, -0.25) is 4.79 Å². The average Bonchev–Trinajstić information content (AvgIpc) is 3.31. The zero-order valence-electron chi connectivity index (χ0n) is 15.7. The van der Waals surface area contributed by atoms with Crippen LogP contribution in [0.2, 0.25) is 0 Å². The SMILES string of the molecule is Cn1ccnc1C(NC(=O)CSCc1nc2ccccc2s1)c1cccc(F)c1. The molecule has 2 heterocycles. The molecule has 4 aromatic rings. The second kappa shape index (κ2) is 8.75. The van der Waals surface area contributed by atoms with Crippen molar-refractivity contribution in [1.29, 1.82) is 0 Å². The van der Waals surface area contributed by atoms with Crippen LogP contribution in [0, 0.1) is 5.82 Å². The van der Waals surface area contributed by atoms with Crippen molar-refractivity contribution in [1.82, 2.24) is 19.9 Å². The van der Waals surface area contributed by atoms with E-state index in [-0.39, 0.29) is 17.5 Å². The summed E-state index contributed by atoms with van der Waals surface area (Å²) in [7, 11) is 1.85. The second-order valence-electron chi connectivity index (χ2n) is 6.52. The number of para-hydroxylation sites is 1. The van der Waals surface area contributed by atoms with Gasteiger partial charge >= 0.3 is 0 Å². The number of aryl methyl sites for hydroxylation is 1. The van der Waals surface area contributed by atoms with E-state index in [1.807, 2.05) is 35.9 Å². The smallest absolute Gasteiger partial charge is 0.230 e. The van der Waals surface area contributed by atoms with Gasteiger partial charge in [0.25, 0.3) is 0 Å². The lowest BCUT2D eigenvalue weighted by molar-refractivity contribution is -0.119. The molecular weight excluding hydrogens is 407 g/mol. The highest BCUT2D eigenvalue weighted by molar-refractivity contribution is 7.99. The molecule has 1 N–H and O–H groups in total. The number of aromatic nitrogens is 3. The van der Waals surface area contributed by atoms with Crippen LogP contribution in [-0.2, 0) is 17.6 Å². The highest BCUT2D eigenvalue weighted by atomic mass is 32.2. The van der Waals surface area contributed by atoms with Crippen LogP contribution in [0.15, 0.2) is 60.9 Å². The Labute approximate surface area is 176 Å². The number of hydrogen-bond donors (Lipinski definition) is 1. The van der Waals surface area contributed by atoms with Crippen LogP contribution in [0.5, 0.6) is 0 Å². The van der Waals surface area contributed by atoms with E-state index < -0.39 is 6.04 Å². The van der Waals surface area contributed by atoms with Gasteiger partial charge in [-0.1, -0.05) is 24.3 Å². The number of amides is 1. The molecule has 0 saturated carbocycles. The Morgan fingerprint density at radius 2 is 2.14 bits per heavy atom. The maximum atomic E-state index is 13.7. The van der Waals surface area contributed by atoms with Gasteiger partial charge in [-0.15, -0.1) is 23.1 Å². The van der Waals surface area contributed by atoms with E-state index >= 15 is 0 Å². The molecule has 5 nitrogen and oxygen atoms in total. The molecule has 1 amide bonds. The van der Waals surface area contributed by atoms with Gasteiger partial charge in [0.05, 0.1) is 16.0 Å². The molecule has 148 valence electrons. The third-order valence-electron chi connectivity index (χ3n) is 4.40. The Bertz CT molecular complexity index is 1110. The summed E-state index contributed by atoms with van der Waals surface area (Å²) in [6.45, 7) is 0. The topological polar surface area (TPSA) is 59.8 Å². The Kier molecular flexibility index (Phi) is 5.92. The van der Waals surface area contributed by atoms with Gasteiger partial charge < -0.3 is 9.88 Å². The molecule has 2 aromatic heterocycles. The molecule has 0 aliphatic carbocycles. The summed E-state index contributed by atoms with van der Waals surface area (Å²) in [6, 6.07) is 13.7. The van der Waals surface area contributed by atoms with Crippen molar-refractivity contribution in [2.45, 2.75) is 11.8 Å². The zero-order chi connectivity index (χ0) is 20.2. The highest BCUT2D eigenvalue weighted by Gasteiger charge is 2.21. The third kappa shape index (κ3) is 4.65. The van der Waals surface area contributed by atoms with E-state index in [0.29, 0.717) is 17.1 Å². The first-order chi connectivity index (χ1) is 14.1. The second-order valence-corrected chi connectivity index (χ2v) is 8.62. The van der Waals surface area contributed by atoms with E-state index in [1.165, 1.54) is 23.9 Å². The number of rotatable bonds is 7. The van der Waals surface area contributed by atoms with Crippen molar-refractivity contribution in [3.63, 3.8) is 0 Å². The number of thiazole rings is 1. The third-order valence-corrected chi connectivity index (χ3v) is 6.56. The molecule has 0 spiro atoms. The largest absolute Gasteiger partial charge is 0.341 e. The molecule has 0 radical (unpaired) electrons. The summed E-state index contributed by atoms with van der Waals surface area (Å²) in [5.74, 6) is 1.13. The number of nitrogens with zero attached hydrogens (tertiary/aromatic N) is 3. The number of nitrogens with one attached hydrogen (secondary N) is 1. The number of carbonyl (C=O) groups is 1. The molecule has 2 aromatic carbocycles. The highest BCUT2D eigenvalue weighted by Crippen LogP contribution is 2.25. The quantitative estimate of drug-likeness (QED) is 0.478. The van der Waals surface area contributed by atoms with Gasteiger partial charge in [0.1, 0.15) is 22.7 Å². The first-order valence-electron chi connectivity index (χ1n) is 9.04. The molecule has 0 aliphatic rings. The number of hydrogen-bond acceptors (Lipinski definition) is 5. The maximum absolute atomic E-state index is 13.7. The predicted molar refractivity (Wildman–Crippen MR) is 115 cm³/mol. The van der Waals surface area contributed by atoms with Crippen LogP contribution in [0.1, 0.15) is 22.4 Å². The average molecular weight is 427 g/mol. The lowest BCUT2D eigenvalue weighted by Gasteiger charge is -2.19. The maximum Gasteiger partial charge on any atom is 0.230 e. The Morgan fingerprint density at radius 3 is 2.90 bits per heavy atom. The molecule has 1 atom stereocenters. The summed E-state index contributed by atoms with van der Waals surface area (Å²) in [5, 5.41) is 3.99. The number of benzene rings is 2. The molecule has 0 aliphatic heterocycles. The normalized spacial score (nSPS) is 12.2. The standard InChI is InChI=1S/C21H19FN4OS2/c1-26-10-9-23-21(26)20(14-5-4-6-15(22)11-14)25-18(27)12-28-13-19-24-16-7-2-3-8-17(16)29-19/h2-11,20H,12-13H2,1H3,(H,25,27). The van der Waals surface area contributed by atoms with Crippen LogP contribution in [0.4, 0.5) is 4.39 Å². The van der Waals surface area contributed by atoms with Crippen molar-refractivity contribution in [2.75, 3.05) is 5.75 Å². The Balaban J connectivity index is 1.42. The van der Waals surface area contributed by atoms with E-state index in [4.69, 9.17) is 0 Å². The number of imidazole rings is 1. The fourth-order valence-corrected chi connectivity index (χ4v) is 4.91. The van der Waals surface area contributed by atoms with Gasteiger partial charge in [-0.2, -0.15) is 0 Å². The summed E-state index contributed by atoms with van der Waals surface area (Å²) in [6.07, 6.45) is 3.46. The zero-order valence-corrected chi connectivity index (χ0v) is 17.3. The molecule has 0 saturated heterocycles. The first-order valence-corrected chi connectivity index (χ1v) is 11.0. The summed E-state index contributed by atoms with van der Waals surface area (Å²) in [5.41, 5.74) is 1.64. The lowest BCUT2D eigenvalue weighted by Crippen LogP contribution is -2.32. The van der Waals surface area contributed by atoms with Crippen molar-refractivity contribution in [3.8, 4) is 0 Å². The summed E-state index contributed by atoms with van der Waals surface area (Å²) < 4.78 is 16.7. The lowest BCUT2D eigenvalue weighted by atomic mass is 10.1. The number of thioether (sulfide) groups is 1. The van der Waals surface area contributed by atoms with Gasteiger partial charge in [0.15, 0.2) is 0 Å². The van der Waals surface area contributed by atoms with Crippen LogP contribution in [0.25, 0.3) is 10.2 Å². The summed E-state index contributed by atoms with van der Waals surface area (Å²) in [4.78, 5) is 21.5. The van der Waals surface area contributed by atoms with Crippen LogP contribution in [-0.4, -0.2) is 26.2 Å². The van der Waals surface area contributed by atoms with E-state index in [2.05, 4.69) is 15.3 Å². The molecule has 8 heteroatoms. The van der Waals surface area contributed by atoms with E-state index in [9.17, 15) is 9.18 Å². The number of halogens is 1. The number of carbonyl (C=O) groups excluding carboxylic acids is 1. The van der Waals surface area contributed by atoms with Crippen LogP contribution < -0.4 is 5.32 Å². The molecule has 29 heavy (non-hydrogen) atoms. The van der Waals surface area contributed by atoms with Gasteiger partial charge in [-0.05, 0) is 29.8 Å². The Hall–Kier alpha value is -2.71.